The lowest BCUT2D eigenvalue weighted by Crippen LogP contribution is -2.52. The highest BCUT2D eigenvalue weighted by molar-refractivity contribution is 6.30. The number of carbonyl (C=O) groups is 1. The van der Waals surface area contributed by atoms with Crippen molar-refractivity contribution in [2.24, 2.45) is 0 Å². The lowest BCUT2D eigenvalue weighted by molar-refractivity contribution is 0.191. The lowest BCUT2D eigenvalue weighted by atomic mass is 10.1. The van der Waals surface area contributed by atoms with Crippen molar-refractivity contribution in [2.45, 2.75) is 13.0 Å². The Labute approximate surface area is 147 Å². The highest BCUT2D eigenvalue weighted by Gasteiger charge is 2.22. The van der Waals surface area contributed by atoms with Gasteiger partial charge >= 0.3 is 6.03 Å². The van der Waals surface area contributed by atoms with Crippen molar-refractivity contribution in [2.75, 3.05) is 31.1 Å². The Bertz CT molecular complexity index is 686. The Balaban J connectivity index is 1.53. The Hall–Kier alpha value is -2.27. The summed E-state index contributed by atoms with van der Waals surface area (Å²) in [7, 11) is 0. The molecule has 2 aromatic rings. The second kappa shape index (κ2) is 7.53. The van der Waals surface area contributed by atoms with Crippen LogP contribution in [0.4, 0.5) is 10.5 Å². The van der Waals surface area contributed by atoms with Gasteiger partial charge in [-0.25, -0.2) is 4.79 Å². The van der Waals surface area contributed by atoms with Crippen LogP contribution in [0.1, 0.15) is 18.5 Å². The van der Waals surface area contributed by atoms with E-state index < -0.39 is 0 Å². The van der Waals surface area contributed by atoms with Gasteiger partial charge in [0.25, 0.3) is 0 Å². The predicted octanol–water partition coefficient (Wildman–Crippen LogP) is 3.33. The number of aromatic nitrogens is 1. The van der Waals surface area contributed by atoms with Gasteiger partial charge in [-0.1, -0.05) is 17.7 Å². The third kappa shape index (κ3) is 3.97. The number of anilines is 1. The zero-order valence-corrected chi connectivity index (χ0v) is 14.4. The van der Waals surface area contributed by atoms with Crippen LogP contribution in [-0.4, -0.2) is 42.1 Å². The summed E-state index contributed by atoms with van der Waals surface area (Å²) >= 11 is 6.05. The molecule has 1 aliphatic rings. The average Bonchev–Trinajstić information content (AvgIpc) is 2.62. The number of nitrogens with one attached hydrogen (secondary N) is 1. The Morgan fingerprint density at radius 1 is 1.17 bits per heavy atom. The maximum atomic E-state index is 12.4. The van der Waals surface area contributed by atoms with Gasteiger partial charge in [-0.15, -0.1) is 0 Å². The average molecular weight is 345 g/mol. The molecule has 0 saturated carbocycles. The largest absolute Gasteiger partial charge is 0.368 e. The summed E-state index contributed by atoms with van der Waals surface area (Å²) in [5.74, 6) is 0. The number of nitrogens with zero attached hydrogens (tertiary/aromatic N) is 3. The van der Waals surface area contributed by atoms with Gasteiger partial charge in [-0.05, 0) is 42.8 Å². The number of amides is 2. The molecule has 24 heavy (non-hydrogen) atoms. The highest BCUT2D eigenvalue weighted by Crippen LogP contribution is 2.21. The van der Waals surface area contributed by atoms with Crippen LogP contribution in [-0.2, 0) is 0 Å². The molecular weight excluding hydrogens is 324 g/mol. The van der Waals surface area contributed by atoms with Gasteiger partial charge < -0.3 is 15.1 Å². The summed E-state index contributed by atoms with van der Waals surface area (Å²) in [5, 5.41) is 3.78. The zero-order valence-electron chi connectivity index (χ0n) is 13.7. The Morgan fingerprint density at radius 2 is 1.88 bits per heavy atom. The molecule has 1 aromatic heterocycles. The van der Waals surface area contributed by atoms with Gasteiger partial charge in [0.2, 0.25) is 0 Å². The standard InChI is InChI=1S/C18H21ClN4O/c1-14(15-5-7-20-8-6-15)21-18(24)23-11-9-22(10-12-23)17-4-2-3-16(19)13-17/h2-8,13-14H,9-12H2,1H3,(H,21,24)/t14-/m1/s1. The van der Waals surface area contributed by atoms with E-state index in [1.54, 1.807) is 12.4 Å². The van der Waals surface area contributed by atoms with Crippen molar-refractivity contribution in [1.82, 2.24) is 15.2 Å². The summed E-state index contributed by atoms with van der Waals surface area (Å²) in [5.41, 5.74) is 2.16. The van der Waals surface area contributed by atoms with Crippen molar-refractivity contribution >= 4 is 23.3 Å². The first-order valence-corrected chi connectivity index (χ1v) is 8.47. The molecule has 1 aromatic carbocycles. The number of rotatable bonds is 3. The van der Waals surface area contributed by atoms with Crippen molar-refractivity contribution in [3.63, 3.8) is 0 Å². The molecule has 126 valence electrons. The summed E-state index contributed by atoms with van der Waals surface area (Å²) in [4.78, 5) is 20.6. The Morgan fingerprint density at radius 3 is 2.54 bits per heavy atom. The number of halogens is 1. The molecule has 2 heterocycles. The van der Waals surface area contributed by atoms with Gasteiger partial charge in [-0.2, -0.15) is 0 Å². The number of pyridine rings is 1. The van der Waals surface area contributed by atoms with Crippen LogP contribution in [0.5, 0.6) is 0 Å². The molecule has 3 rings (SSSR count). The summed E-state index contributed by atoms with van der Waals surface area (Å²) in [6, 6.07) is 11.6. The smallest absolute Gasteiger partial charge is 0.317 e. The van der Waals surface area contributed by atoms with E-state index in [0.29, 0.717) is 13.1 Å². The Kier molecular flexibility index (Phi) is 5.20. The van der Waals surface area contributed by atoms with Gasteiger partial charge in [0.1, 0.15) is 0 Å². The number of carbonyl (C=O) groups excluding carboxylic acids is 1. The van der Waals surface area contributed by atoms with Crippen LogP contribution in [0.2, 0.25) is 5.02 Å². The molecule has 1 atom stereocenters. The van der Waals surface area contributed by atoms with E-state index in [-0.39, 0.29) is 12.1 Å². The normalized spacial score (nSPS) is 15.9. The van der Waals surface area contributed by atoms with Gasteiger partial charge in [0.05, 0.1) is 6.04 Å². The molecule has 0 unspecified atom stereocenters. The lowest BCUT2D eigenvalue weighted by Gasteiger charge is -2.36. The van der Waals surface area contributed by atoms with E-state index in [1.807, 2.05) is 48.2 Å². The molecule has 0 radical (unpaired) electrons. The van der Waals surface area contributed by atoms with E-state index in [2.05, 4.69) is 15.2 Å². The molecule has 1 fully saturated rings. The maximum absolute atomic E-state index is 12.4. The summed E-state index contributed by atoms with van der Waals surface area (Å²) < 4.78 is 0. The van der Waals surface area contributed by atoms with Crippen LogP contribution in [0.15, 0.2) is 48.8 Å². The fourth-order valence-electron chi connectivity index (χ4n) is 2.85. The third-order valence-corrected chi connectivity index (χ3v) is 4.52. The van der Waals surface area contributed by atoms with E-state index in [4.69, 9.17) is 11.6 Å². The number of piperazine rings is 1. The monoisotopic (exact) mass is 344 g/mol. The predicted molar refractivity (Wildman–Crippen MR) is 96.4 cm³/mol. The molecule has 0 aliphatic carbocycles. The van der Waals surface area contributed by atoms with Crippen LogP contribution < -0.4 is 10.2 Å². The molecule has 2 amide bonds. The summed E-state index contributed by atoms with van der Waals surface area (Å²) in [6.45, 7) is 4.98. The fraction of sp³-hybridized carbons (Fsp3) is 0.333. The number of hydrogen-bond donors (Lipinski definition) is 1. The fourth-order valence-corrected chi connectivity index (χ4v) is 3.04. The second-order valence-electron chi connectivity index (χ2n) is 5.91. The van der Waals surface area contributed by atoms with Gasteiger partial charge in [0, 0.05) is 49.3 Å². The third-order valence-electron chi connectivity index (χ3n) is 4.29. The van der Waals surface area contributed by atoms with Crippen molar-refractivity contribution in [1.29, 1.82) is 0 Å². The van der Waals surface area contributed by atoms with E-state index >= 15 is 0 Å². The molecule has 0 spiro atoms. The number of hydrogen-bond acceptors (Lipinski definition) is 3. The SMILES string of the molecule is C[C@@H](NC(=O)N1CCN(c2cccc(Cl)c2)CC1)c1ccncc1. The van der Waals surface area contributed by atoms with Crippen LogP contribution in [0, 0.1) is 0 Å². The molecule has 5 nitrogen and oxygen atoms in total. The van der Waals surface area contributed by atoms with Gasteiger partial charge in [-0.3, -0.25) is 4.98 Å². The van der Waals surface area contributed by atoms with Crippen molar-refractivity contribution in [3.05, 3.63) is 59.4 Å². The van der Waals surface area contributed by atoms with E-state index in [9.17, 15) is 4.79 Å². The molecule has 1 N–H and O–H groups in total. The van der Waals surface area contributed by atoms with Crippen LogP contribution in [0.3, 0.4) is 0 Å². The maximum Gasteiger partial charge on any atom is 0.317 e. The summed E-state index contributed by atoms with van der Waals surface area (Å²) in [6.07, 6.45) is 3.48. The molecule has 6 heteroatoms. The first-order valence-electron chi connectivity index (χ1n) is 8.09. The van der Waals surface area contributed by atoms with Gasteiger partial charge in [0.15, 0.2) is 0 Å². The number of benzene rings is 1. The van der Waals surface area contributed by atoms with Crippen LogP contribution >= 0.6 is 11.6 Å². The molecular formula is C18H21ClN4O. The first-order chi connectivity index (χ1) is 11.6. The minimum atomic E-state index is -0.0357. The molecule has 1 saturated heterocycles. The quantitative estimate of drug-likeness (QED) is 0.929. The van der Waals surface area contributed by atoms with Crippen molar-refractivity contribution in [3.8, 4) is 0 Å². The minimum absolute atomic E-state index is 0.0231. The van der Waals surface area contributed by atoms with E-state index in [0.717, 1.165) is 29.4 Å². The molecule has 0 bridgehead atoms. The first kappa shape index (κ1) is 16.6. The van der Waals surface area contributed by atoms with Crippen LogP contribution in [0.25, 0.3) is 0 Å². The second-order valence-corrected chi connectivity index (χ2v) is 6.34. The topological polar surface area (TPSA) is 48.5 Å². The highest BCUT2D eigenvalue weighted by atomic mass is 35.5. The zero-order chi connectivity index (χ0) is 16.9. The van der Waals surface area contributed by atoms with Crippen molar-refractivity contribution < 1.29 is 4.79 Å². The minimum Gasteiger partial charge on any atom is -0.368 e. The number of urea groups is 1. The van der Waals surface area contributed by atoms with E-state index in [1.165, 1.54) is 0 Å². The molecule has 1 aliphatic heterocycles.